The van der Waals surface area contributed by atoms with Crippen LogP contribution in [0.3, 0.4) is 0 Å². The van der Waals surface area contributed by atoms with Crippen LogP contribution in [0.25, 0.3) is 10.9 Å². The lowest BCUT2D eigenvalue weighted by molar-refractivity contribution is 0.517. The van der Waals surface area contributed by atoms with Gasteiger partial charge in [-0.3, -0.25) is 0 Å². The van der Waals surface area contributed by atoms with Gasteiger partial charge in [-0.05, 0) is 56.2 Å². The zero-order valence-electron chi connectivity index (χ0n) is 13.9. The first-order valence-electron chi connectivity index (χ1n) is 7.81. The number of nitrogens with one attached hydrogen (secondary N) is 1. The highest BCUT2D eigenvalue weighted by Crippen LogP contribution is 2.20. The van der Waals surface area contributed by atoms with Gasteiger partial charge >= 0.3 is 0 Å². The summed E-state index contributed by atoms with van der Waals surface area (Å²) >= 11 is 0. The molecule has 0 fully saturated rings. The number of nitrogens with zero attached hydrogens (tertiary/aromatic N) is 2. The molecule has 3 N–H and O–H groups in total. The monoisotopic (exact) mass is 316 g/mol. The number of terminal acetylenes is 1. The lowest BCUT2D eigenvalue weighted by Gasteiger charge is -2.18. The first-order chi connectivity index (χ1) is 11.4. The molecule has 120 valence electrons. The number of aromatic nitrogens is 2. The molecule has 0 aliphatic heterocycles. The molecule has 3 rings (SSSR count). The number of fused-ring (bicyclic) bond motifs is 1. The van der Waals surface area contributed by atoms with Gasteiger partial charge in [0, 0.05) is 28.4 Å². The van der Waals surface area contributed by atoms with Crippen LogP contribution in [0.4, 0.5) is 11.6 Å². The summed E-state index contributed by atoms with van der Waals surface area (Å²) in [5, 5.41) is 4.17. The van der Waals surface area contributed by atoms with E-state index in [2.05, 4.69) is 33.3 Å². The van der Waals surface area contributed by atoms with Gasteiger partial charge in [0.25, 0.3) is 0 Å². The number of anilines is 2. The number of hydrogen-bond donors (Lipinski definition) is 2. The molecule has 2 aromatic carbocycles. The Morgan fingerprint density at radius 2 is 2.04 bits per heavy atom. The third-order valence-electron chi connectivity index (χ3n) is 3.59. The molecule has 0 spiro atoms. The largest absolute Gasteiger partial charge is 0.325 e. The van der Waals surface area contributed by atoms with Crippen molar-refractivity contribution in [1.29, 1.82) is 0 Å². The molecule has 1 aromatic heterocycles. The van der Waals surface area contributed by atoms with Crippen LogP contribution in [0.1, 0.15) is 25.0 Å². The quantitative estimate of drug-likeness (QED) is 0.721. The van der Waals surface area contributed by atoms with Crippen LogP contribution in [0.15, 0.2) is 48.7 Å². The van der Waals surface area contributed by atoms with E-state index in [1.807, 2.05) is 44.2 Å². The Hall–Kier alpha value is -2.90. The van der Waals surface area contributed by atoms with Crippen LogP contribution in [0, 0.1) is 12.3 Å². The van der Waals surface area contributed by atoms with Crippen LogP contribution >= 0.6 is 0 Å². The average molecular weight is 316 g/mol. The summed E-state index contributed by atoms with van der Waals surface area (Å²) in [6.07, 6.45) is 8.00. The fourth-order valence-corrected chi connectivity index (χ4v) is 2.60. The molecule has 1 heterocycles. The van der Waals surface area contributed by atoms with Crippen molar-refractivity contribution in [1.82, 2.24) is 9.97 Å². The van der Waals surface area contributed by atoms with Gasteiger partial charge in [0.1, 0.15) is 0 Å². The Labute approximate surface area is 142 Å². The van der Waals surface area contributed by atoms with Crippen molar-refractivity contribution in [2.24, 2.45) is 5.73 Å². The molecule has 0 unspecified atom stereocenters. The Kier molecular flexibility index (Phi) is 4.20. The maximum absolute atomic E-state index is 6.10. The number of benzene rings is 2. The molecule has 4 heteroatoms. The van der Waals surface area contributed by atoms with Gasteiger partial charge in [-0.25, -0.2) is 9.97 Å². The minimum atomic E-state index is -0.243. The van der Waals surface area contributed by atoms with E-state index in [-0.39, 0.29) is 5.54 Å². The average Bonchev–Trinajstić information content (AvgIpc) is 2.53. The van der Waals surface area contributed by atoms with Crippen LogP contribution in [0.2, 0.25) is 0 Å². The van der Waals surface area contributed by atoms with Gasteiger partial charge in [-0.2, -0.15) is 0 Å². The van der Waals surface area contributed by atoms with Crippen molar-refractivity contribution in [3.05, 3.63) is 59.8 Å². The second-order valence-corrected chi connectivity index (χ2v) is 6.60. The summed E-state index contributed by atoms with van der Waals surface area (Å²) in [4.78, 5) is 8.90. The first kappa shape index (κ1) is 16.0. The molecule has 0 aliphatic carbocycles. The first-order valence-corrected chi connectivity index (χ1v) is 7.81. The fraction of sp³-hybridized carbons (Fsp3) is 0.200. The maximum atomic E-state index is 6.10. The lowest BCUT2D eigenvalue weighted by atomic mass is 9.96. The summed E-state index contributed by atoms with van der Waals surface area (Å²) in [7, 11) is 0. The maximum Gasteiger partial charge on any atom is 0.227 e. The topological polar surface area (TPSA) is 63.8 Å². The number of rotatable bonds is 4. The van der Waals surface area contributed by atoms with Crippen molar-refractivity contribution >= 4 is 22.5 Å². The smallest absolute Gasteiger partial charge is 0.227 e. The standard InChI is InChI=1S/C20H20N4/c1-4-14-8-9-18-16(10-14)13-22-19(24-18)23-17-7-5-6-15(11-17)12-20(2,3)21/h1,5-11,13H,12,21H2,2-3H3,(H,22,23,24). The van der Waals surface area contributed by atoms with Crippen LogP contribution in [-0.2, 0) is 6.42 Å². The minimum absolute atomic E-state index is 0.243. The second kappa shape index (κ2) is 6.31. The number of nitrogens with two attached hydrogens (primary N) is 1. The summed E-state index contributed by atoms with van der Waals surface area (Å²) in [5.41, 5.74) is 9.64. The lowest BCUT2D eigenvalue weighted by Crippen LogP contribution is -2.34. The molecule has 0 radical (unpaired) electrons. The second-order valence-electron chi connectivity index (χ2n) is 6.60. The highest BCUT2D eigenvalue weighted by atomic mass is 15.1. The molecular formula is C20H20N4. The summed E-state index contributed by atoms with van der Waals surface area (Å²) in [5.74, 6) is 3.17. The van der Waals surface area contributed by atoms with E-state index < -0.39 is 0 Å². The fourth-order valence-electron chi connectivity index (χ4n) is 2.60. The SMILES string of the molecule is C#Cc1ccc2nc(Nc3cccc(CC(C)(C)N)c3)ncc2c1. The van der Waals surface area contributed by atoms with E-state index in [9.17, 15) is 0 Å². The Balaban J connectivity index is 1.85. The Morgan fingerprint density at radius 1 is 1.21 bits per heavy atom. The van der Waals surface area contributed by atoms with Crippen LogP contribution in [-0.4, -0.2) is 15.5 Å². The van der Waals surface area contributed by atoms with Gasteiger partial charge in [0.15, 0.2) is 0 Å². The molecule has 0 saturated carbocycles. The van der Waals surface area contributed by atoms with Crippen molar-refractivity contribution in [3.63, 3.8) is 0 Å². The minimum Gasteiger partial charge on any atom is -0.325 e. The summed E-state index contributed by atoms with van der Waals surface area (Å²) in [6.45, 7) is 4.04. The van der Waals surface area contributed by atoms with Crippen molar-refractivity contribution in [3.8, 4) is 12.3 Å². The van der Waals surface area contributed by atoms with Gasteiger partial charge in [-0.15, -0.1) is 6.42 Å². The van der Waals surface area contributed by atoms with E-state index in [1.165, 1.54) is 5.56 Å². The molecule has 3 aromatic rings. The van der Waals surface area contributed by atoms with Crippen LogP contribution < -0.4 is 11.1 Å². The molecule has 24 heavy (non-hydrogen) atoms. The van der Waals surface area contributed by atoms with E-state index >= 15 is 0 Å². The molecule has 0 atom stereocenters. The third kappa shape index (κ3) is 3.89. The van der Waals surface area contributed by atoms with E-state index in [4.69, 9.17) is 12.2 Å². The van der Waals surface area contributed by atoms with E-state index in [1.54, 1.807) is 6.20 Å². The molecule has 0 bridgehead atoms. The van der Waals surface area contributed by atoms with Crippen LogP contribution in [0.5, 0.6) is 0 Å². The van der Waals surface area contributed by atoms with E-state index in [0.29, 0.717) is 5.95 Å². The zero-order chi connectivity index (χ0) is 17.2. The molecule has 4 nitrogen and oxygen atoms in total. The summed E-state index contributed by atoms with van der Waals surface area (Å²) < 4.78 is 0. The highest BCUT2D eigenvalue weighted by Gasteiger charge is 2.12. The third-order valence-corrected chi connectivity index (χ3v) is 3.59. The van der Waals surface area contributed by atoms with Gasteiger partial charge in [0.2, 0.25) is 5.95 Å². The van der Waals surface area contributed by atoms with Crippen molar-refractivity contribution in [2.75, 3.05) is 5.32 Å². The number of hydrogen-bond acceptors (Lipinski definition) is 4. The highest BCUT2D eigenvalue weighted by molar-refractivity contribution is 5.80. The zero-order valence-corrected chi connectivity index (χ0v) is 13.9. The van der Waals surface area contributed by atoms with Crippen molar-refractivity contribution in [2.45, 2.75) is 25.8 Å². The molecule has 0 saturated heterocycles. The predicted octanol–water partition coefficient (Wildman–Crippen LogP) is 3.63. The predicted molar refractivity (Wildman–Crippen MR) is 99.2 cm³/mol. The summed E-state index contributed by atoms with van der Waals surface area (Å²) in [6, 6.07) is 13.8. The van der Waals surface area contributed by atoms with Gasteiger partial charge < -0.3 is 11.1 Å². The molecule has 0 amide bonds. The molecular weight excluding hydrogens is 296 g/mol. The van der Waals surface area contributed by atoms with Crippen molar-refractivity contribution < 1.29 is 0 Å². The molecule has 0 aliphatic rings. The Morgan fingerprint density at radius 3 is 2.79 bits per heavy atom. The van der Waals surface area contributed by atoms with Gasteiger partial charge in [0.05, 0.1) is 5.52 Å². The van der Waals surface area contributed by atoms with E-state index in [0.717, 1.165) is 28.6 Å². The van der Waals surface area contributed by atoms with Gasteiger partial charge in [-0.1, -0.05) is 18.1 Å². The Bertz CT molecular complexity index is 917. The normalized spacial score (nSPS) is 11.2.